The third-order valence-corrected chi connectivity index (χ3v) is 5.48. The smallest absolute Gasteiger partial charge is 0.369 e. The van der Waals surface area contributed by atoms with Gasteiger partial charge in [-0.15, -0.1) is 5.11 Å². The normalized spacial score (nSPS) is 23.6. The van der Waals surface area contributed by atoms with Crippen LogP contribution in [-0.4, -0.2) is 16.9 Å². The average Bonchev–Trinajstić information content (AvgIpc) is 2.83. The standard InChI is InChI=1S/C16H16BrN3O3S/c17-9-4-3-5-10(8-9)24-20-16(23)19-18-13-14(21)11-6-1-2-7-12(11)15(13)22/h3-5,8,11-12,21H,1-2,6-7H2,(H,20,23). The van der Waals surface area contributed by atoms with Crippen LogP contribution in [0.1, 0.15) is 25.7 Å². The lowest BCUT2D eigenvalue weighted by Gasteiger charge is -2.23. The zero-order valence-electron chi connectivity index (χ0n) is 12.7. The van der Waals surface area contributed by atoms with Crippen LogP contribution < -0.4 is 4.72 Å². The van der Waals surface area contributed by atoms with Crippen LogP contribution in [0.3, 0.4) is 0 Å². The number of halogens is 1. The molecular weight excluding hydrogens is 394 g/mol. The van der Waals surface area contributed by atoms with Crippen molar-refractivity contribution >= 4 is 39.7 Å². The van der Waals surface area contributed by atoms with E-state index >= 15 is 0 Å². The molecule has 2 aliphatic carbocycles. The van der Waals surface area contributed by atoms with E-state index in [1.807, 2.05) is 24.3 Å². The first-order valence-corrected chi connectivity index (χ1v) is 9.28. The van der Waals surface area contributed by atoms with Crippen molar-refractivity contribution in [2.24, 2.45) is 22.1 Å². The fourth-order valence-electron chi connectivity index (χ4n) is 3.10. The Hall–Kier alpha value is -1.67. The molecule has 3 rings (SSSR count). The molecule has 126 valence electrons. The lowest BCUT2D eigenvalue weighted by atomic mass is 9.80. The number of nitrogens with one attached hydrogen (secondary N) is 1. The third-order valence-electron chi connectivity index (χ3n) is 4.22. The van der Waals surface area contributed by atoms with E-state index in [1.54, 1.807) is 0 Å². The van der Waals surface area contributed by atoms with E-state index in [9.17, 15) is 14.7 Å². The van der Waals surface area contributed by atoms with Gasteiger partial charge in [0.15, 0.2) is 11.5 Å². The van der Waals surface area contributed by atoms with Crippen LogP contribution in [0, 0.1) is 11.8 Å². The molecule has 6 nitrogen and oxygen atoms in total. The highest BCUT2D eigenvalue weighted by Gasteiger charge is 2.43. The summed E-state index contributed by atoms with van der Waals surface area (Å²) < 4.78 is 3.42. The second-order valence-corrected chi connectivity index (χ2v) is 7.56. The topological polar surface area (TPSA) is 91.1 Å². The molecule has 1 aromatic carbocycles. The average molecular weight is 410 g/mol. The van der Waals surface area contributed by atoms with E-state index in [2.05, 4.69) is 30.9 Å². The highest BCUT2D eigenvalue weighted by Crippen LogP contribution is 2.42. The number of aliphatic hydroxyl groups is 1. The van der Waals surface area contributed by atoms with Crippen LogP contribution in [0.25, 0.3) is 0 Å². The third kappa shape index (κ3) is 3.70. The van der Waals surface area contributed by atoms with Gasteiger partial charge in [-0.3, -0.25) is 9.52 Å². The SMILES string of the molecule is O=C(N=NC1=C(O)C2CCCCC2C1=O)NSc1cccc(Br)c1. The molecule has 0 bridgehead atoms. The molecule has 2 N–H and O–H groups in total. The molecule has 2 amide bonds. The van der Waals surface area contributed by atoms with Crippen molar-refractivity contribution in [3.8, 4) is 0 Å². The Morgan fingerprint density at radius 2 is 2.04 bits per heavy atom. The number of nitrogens with zero attached hydrogens (tertiary/aromatic N) is 2. The Kier molecular flexibility index (Phi) is 5.35. The van der Waals surface area contributed by atoms with Gasteiger partial charge >= 0.3 is 6.03 Å². The summed E-state index contributed by atoms with van der Waals surface area (Å²) in [6.07, 6.45) is 3.52. The van der Waals surface area contributed by atoms with Gasteiger partial charge in [0.2, 0.25) is 0 Å². The van der Waals surface area contributed by atoms with Crippen molar-refractivity contribution in [1.82, 2.24) is 4.72 Å². The molecule has 0 aliphatic heterocycles. The summed E-state index contributed by atoms with van der Waals surface area (Å²) in [5.74, 6) is -0.569. The first-order chi connectivity index (χ1) is 11.6. The fourth-order valence-corrected chi connectivity index (χ4v) is 4.23. The van der Waals surface area contributed by atoms with Gasteiger partial charge in [0.25, 0.3) is 0 Å². The number of hydrogen-bond acceptors (Lipinski definition) is 5. The molecule has 24 heavy (non-hydrogen) atoms. The molecule has 0 saturated heterocycles. The second kappa shape index (κ2) is 7.48. The van der Waals surface area contributed by atoms with Gasteiger partial charge in [-0.25, -0.2) is 4.79 Å². The number of urea groups is 1. The molecule has 8 heteroatoms. The maximum absolute atomic E-state index is 12.3. The minimum atomic E-state index is -0.678. The maximum Gasteiger partial charge on any atom is 0.369 e. The van der Waals surface area contributed by atoms with E-state index in [4.69, 9.17) is 0 Å². The van der Waals surface area contributed by atoms with E-state index in [0.29, 0.717) is 0 Å². The molecule has 2 atom stereocenters. The highest BCUT2D eigenvalue weighted by atomic mass is 79.9. The van der Waals surface area contributed by atoms with Gasteiger partial charge in [0.1, 0.15) is 5.76 Å². The number of benzene rings is 1. The van der Waals surface area contributed by atoms with Crippen molar-refractivity contribution in [2.75, 3.05) is 0 Å². The van der Waals surface area contributed by atoms with E-state index in [0.717, 1.165) is 47.0 Å². The van der Waals surface area contributed by atoms with Gasteiger partial charge < -0.3 is 5.11 Å². The van der Waals surface area contributed by atoms with Gasteiger partial charge in [-0.2, -0.15) is 0 Å². The Balaban J connectivity index is 1.61. The fraction of sp³-hybridized carbons (Fsp3) is 0.375. The summed E-state index contributed by atoms with van der Waals surface area (Å²) in [4.78, 5) is 24.9. The van der Waals surface area contributed by atoms with Crippen LogP contribution in [0.4, 0.5) is 4.79 Å². The number of azo groups is 1. The molecule has 1 saturated carbocycles. The monoisotopic (exact) mass is 409 g/mol. The quantitative estimate of drug-likeness (QED) is 0.554. The van der Waals surface area contributed by atoms with Crippen molar-refractivity contribution in [1.29, 1.82) is 0 Å². The summed E-state index contributed by atoms with van der Waals surface area (Å²) in [5.41, 5.74) is -0.0606. The van der Waals surface area contributed by atoms with Crippen molar-refractivity contribution in [3.63, 3.8) is 0 Å². The molecule has 0 aromatic heterocycles. The minimum absolute atomic E-state index is 0.0131. The predicted octanol–water partition coefficient (Wildman–Crippen LogP) is 4.78. The van der Waals surface area contributed by atoms with Gasteiger partial charge in [-0.05, 0) is 43.0 Å². The molecule has 1 aromatic rings. The Labute approximate surface area is 152 Å². The van der Waals surface area contributed by atoms with Gasteiger partial charge in [-0.1, -0.05) is 40.0 Å². The first kappa shape index (κ1) is 17.2. The number of carbonyl (C=O) groups is 2. The van der Waals surface area contributed by atoms with Gasteiger partial charge in [0.05, 0.1) is 0 Å². The molecule has 2 aliphatic rings. The van der Waals surface area contributed by atoms with E-state index < -0.39 is 6.03 Å². The molecule has 0 spiro atoms. The van der Waals surface area contributed by atoms with Crippen LogP contribution in [0.15, 0.2) is 55.3 Å². The van der Waals surface area contributed by atoms with Crippen LogP contribution >= 0.6 is 27.9 Å². The van der Waals surface area contributed by atoms with Crippen LogP contribution in [-0.2, 0) is 4.79 Å². The molecule has 1 fully saturated rings. The molecular formula is C16H16BrN3O3S. The molecule has 2 unspecified atom stereocenters. The number of allylic oxidation sites excluding steroid dienone is 2. The van der Waals surface area contributed by atoms with Crippen molar-refractivity contribution in [3.05, 3.63) is 40.2 Å². The van der Waals surface area contributed by atoms with Crippen LogP contribution in [0.2, 0.25) is 0 Å². The zero-order valence-corrected chi connectivity index (χ0v) is 15.1. The Bertz CT molecular complexity index is 735. The summed E-state index contributed by atoms with van der Waals surface area (Å²) >= 11 is 4.45. The largest absolute Gasteiger partial charge is 0.510 e. The zero-order chi connectivity index (χ0) is 17.1. The van der Waals surface area contributed by atoms with E-state index in [1.165, 1.54) is 0 Å². The number of Topliss-reactive ketones (excluding diaryl/α,β-unsaturated/α-hetero) is 1. The van der Waals surface area contributed by atoms with Crippen molar-refractivity contribution < 1.29 is 14.7 Å². The predicted molar refractivity (Wildman–Crippen MR) is 93.5 cm³/mol. The number of aliphatic hydroxyl groups excluding tert-OH is 1. The molecule has 0 heterocycles. The van der Waals surface area contributed by atoms with Crippen LogP contribution in [0.5, 0.6) is 0 Å². The minimum Gasteiger partial charge on any atom is -0.510 e. The summed E-state index contributed by atoms with van der Waals surface area (Å²) in [6.45, 7) is 0. The lowest BCUT2D eigenvalue weighted by molar-refractivity contribution is -0.120. The summed E-state index contributed by atoms with van der Waals surface area (Å²) in [7, 11) is 0. The van der Waals surface area contributed by atoms with E-state index in [-0.39, 0.29) is 29.1 Å². The number of carbonyl (C=O) groups excluding carboxylic acids is 2. The van der Waals surface area contributed by atoms with Gasteiger partial charge in [0, 0.05) is 21.2 Å². The number of amides is 2. The van der Waals surface area contributed by atoms with Crippen molar-refractivity contribution in [2.45, 2.75) is 30.6 Å². The number of fused-ring (bicyclic) bond motifs is 1. The number of rotatable bonds is 3. The summed E-state index contributed by atoms with van der Waals surface area (Å²) in [5, 5.41) is 17.4. The number of hydrogen-bond donors (Lipinski definition) is 2. The maximum atomic E-state index is 12.3. The Morgan fingerprint density at radius 3 is 2.75 bits per heavy atom. The summed E-state index contributed by atoms with van der Waals surface area (Å²) in [6, 6.07) is 6.74. The lowest BCUT2D eigenvalue weighted by Crippen LogP contribution is -2.21. The number of ketones is 1. The highest BCUT2D eigenvalue weighted by molar-refractivity contribution is 9.10. The second-order valence-electron chi connectivity index (χ2n) is 5.76. The molecule has 0 radical (unpaired) electrons. The Morgan fingerprint density at radius 1 is 1.29 bits per heavy atom. The first-order valence-electron chi connectivity index (χ1n) is 7.67.